The topological polar surface area (TPSA) is 82.3 Å². The first kappa shape index (κ1) is 11.9. The molecule has 2 rings (SSSR count). The van der Waals surface area contributed by atoms with Crippen LogP contribution in [0.15, 0.2) is 6.33 Å². The predicted octanol–water partition coefficient (Wildman–Crippen LogP) is 1.05. The fourth-order valence-corrected chi connectivity index (χ4v) is 2.00. The summed E-state index contributed by atoms with van der Waals surface area (Å²) in [6.45, 7) is 2.90. The van der Waals surface area contributed by atoms with E-state index in [9.17, 15) is 0 Å². The summed E-state index contributed by atoms with van der Waals surface area (Å²) < 4.78 is 10.8. The molecule has 0 bridgehead atoms. The van der Waals surface area contributed by atoms with Gasteiger partial charge in [-0.25, -0.2) is 9.97 Å². The lowest BCUT2D eigenvalue weighted by Gasteiger charge is -2.21. The molecule has 3 N–H and O–H groups in total. The van der Waals surface area contributed by atoms with Gasteiger partial charge in [0.15, 0.2) is 11.6 Å². The van der Waals surface area contributed by atoms with E-state index < -0.39 is 0 Å². The number of methoxy groups -OCH3 is 1. The normalized spacial score (nSPS) is 21.2. The summed E-state index contributed by atoms with van der Waals surface area (Å²) in [4.78, 5) is 8.02. The minimum atomic E-state index is 0.167. The molecule has 1 aliphatic rings. The molecule has 1 aromatic rings. The molecule has 0 saturated carbocycles. The molecular formula is C11H18N4O2. The van der Waals surface area contributed by atoms with Crippen molar-refractivity contribution in [3.05, 3.63) is 6.33 Å². The Kier molecular flexibility index (Phi) is 3.63. The fourth-order valence-electron chi connectivity index (χ4n) is 2.00. The van der Waals surface area contributed by atoms with Crippen LogP contribution in [0.3, 0.4) is 0 Å². The summed E-state index contributed by atoms with van der Waals surface area (Å²) in [7, 11) is 1.55. The summed E-state index contributed by atoms with van der Waals surface area (Å²) in [5.74, 6) is 1.44. The summed E-state index contributed by atoms with van der Waals surface area (Å²) >= 11 is 0. The molecular weight excluding hydrogens is 220 g/mol. The Bertz CT molecular complexity index is 380. The van der Waals surface area contributed by atoms with Gasteiger partial charge in [-0.3, -0.25) is 0 Å². The highest BCUT2D eigenvalue weighted by molar-refractivity contribution is 5.61. The van der Waals surface area contributed by atoms with Gasteiger partial charge in [0.1, 0.15) is 6.33 Å². The van der Waals surface area contributed by atoms with Crippen LogP contribution in [-0.4, -0.2) is 35.8 Å². The average Bonchev–Trinajstić information content (AvgIpc) is 2.82. The third-order valence-corrected chi connectivity index (χ3v) is 2.92. The summed E-state index contributed by atoms with van der Waals surface area (Å²) in [5, 5.41) is 3.26. The fraction of sp³-hybridized carbons (Fsp3) is 0.636. The standard InChI is InChI=1S/C11H18N4O2/c1-7(8-4-3-5-17-8)15-11-9(16-2)10(12)13-6-14-11/h6-8H,3-5H2,1-2H3,(H3,12,13,14,15). The second kappa shape index (κ2) is 5.18. The highest BCUT2D eigenvalue weighted by atomic mass is 16.5. The monoisotopic (exact) mass is 238 g/mol. The van der Waals surface area contributed by atoms with E-state index in [1.807, 2.05) is 0 Å². The maximum atomic E-state index is 5.71. The van der Waals surface area contributed by atoms with Gasteiger partial charge in [-0.05, 0) is 19.8 Å². The number of rotatable bonds is 4. The highest BCUT2D eigenvalue weighted by Crippen LogP contribution is 2.28. The first-order valence-corrected chi connectivity index (χ1v) is 5.75. The van der Waals surface area contributed by atoms with Crippen LogP contribution >= 0.6 is 0 Å². The maximum absolute atomic E-state index is 5.71. The highest BCUT2D eigenvalue weighted by Gasteiger charge is 2.23. The Morgan fingerprint density at radius 2 is 2.41 bits per heavy atom. The number of nitrogens with one attached hydrogen (secondary N) is 1. The van der Waals surface area contributed by atoms with E-state index in [4.69, 9.17) is 15.2 Å². The van der Waals surface area contributed by atoms with Crippen LogP contribution in [0, 0.1) is 0 Å². The Balaban J connectivity index is 2.09. The number of anilines is 2. The van der Waals surface area contributed by atoms with Gasteiger partial charge in [-0.1, -0.05) is 0 Å². The number of hydrogen-bond donors (Lipinski definition) is 2. The lowest BCUT2D eigenvalue weighted by molar-refractivity contribution is 0.0995. The molecule has 1 saturated heterocycles. The zero-order valence-corrected chi connectivity index (χ0v) is 10.1. The van der Waals surface area contributed by atoms with Crippen molar-refractivity contribution in [2.24, 2.45) is 0 Å². The number of ether oxygens (including phenoxy) is 2. The summed E-state index contributed by atoms with van der Waals surface area (Å²) in [6, 6.07) is 0.167. The molecule has 94 valence electrons. The van der Waals surface area contributed by atoms with Gasteiger partial charge in [0.2, 0.25) is 5.75 Å². The first-order chi connectivity index (χ1) is 8.22. The molecule has 6 nitrogen and oxygen atoms in total. The van der Waals surface area contributed by atoms with Crippen molar-refractivity contribution >= 4 is 11.6 Å². The molecule has 0 aromatic carbocycles. The number of nitrogens with two attached hydrogens (primary N) is 1. The van der Waals surface area contributed by atoms with Gasteiger partial charge in [-0.15, -0.1) is 0 Å². The lowest BCUT2D eigenvalue weighted by Crippen LogP contribution is -2.30. The number of nitrogen functional groups attached to an aromatic ring is 1. The lowest BCUT2D eigenvalue weighted by atomic mass is 10.1. The van der Waals surface area contributed by atoms with Crippen LogP contribution in [0.25, 0.3) is 0 Å². The van der Waals surface area contributed by atoms with Gasteiger partial charge < -0.3 is 20.5 Å². The van der Waals surface area contributed by atoms with Gasteiger partial charge in [0.25, 0.3) is 0 Å². The molecule has 2 unspecified atom stereocenters. The van der Waals surface area contributed by atoms with Crippen molar-refractivity contribution in [3.8, 4) is 5.75 Å². The zero-order valence-electron chi connectivity index (χ0n) is 10.1. The van der Waals surface area contributed by atoms with E-state index in [1.54, 1.807) is 7.11 Å². The molecule has 2 atom stereocenters. The van der Waals surface area contributed by atoms with Crippen LogP contribution in [-0.2, 0) is 4.74 Å². The molecule has 1 aromatic heterocycles. The average molecular weight is 238 g/mol. The predicted molar refractivity (Wildman–Crippen MR) is 65.1 cm³/mol. The van der Waals surface area contributed by atoms with Crippen LogP contribution in [0.5, 0.6) is 5.75 Å². The van der Waals surface area contributed by atoms with Crippen molar-refractivity contribution < 1.29 is 9.47 Å². The van der Waals surface area contributed by atoms with Crippen LogP contribution in [0.2, 0.25) is 0 Å². The van der Waals surface area contributed by atoms with E-state index in [-0.39, 0.29) is 12.1 Å². The summed E-state index contributed by atoms with van der Waals surface area (Å²) in [6.07, 6.45) is 3.81. The van der Waals surface area contributed by atoms with Crippen molar-refractivity contribution in [1.82, 2.24) is 9.97 Å². The maximum Gasteiger partial charge on any atom is 0.203 e. The van der Waals surface area contributed by atoms with Gasteiger partial charge in [0.05, 0.1) is 19.3 Å². The van der Waals surface area contributed by atoms with Crippen molar-refractivity contribution in [3.63, 3.8) is 0 Å². The number of aromatic nitrogens is 2. The molecule has 1 aliphatic heterocycles. The minimum absolute atomic E-state index is 0.167. The van der Waals surface area contributed by atoms with Crippen molar-refractivity contribution in [2.75, 3.05) is 24.8 Å². The molecule has 0 spiro atoms. The smallest absolute Gasteiger partial charge is 0.203 e. The second-order valence-electron chi connectivity index (χ2n) is 4.13. The van der Waals surface area contributed by atoms with Crippen molar-refractivity contribution in [1.29, 1.82) is 0 Å². The van der Waals surface area contributed by atoms with E-state index in [1.165, 1.54) is 6.33 Å². The van der Waals surface area contributed by atoms with Crippen LogP contribution in [0.1, 0.15) is 19.8 Å². The van der Waals surface area contributed by atoms with Crippen molar-refractivity contribution in [2.45, 2.75) is 31.9 Å². The Hall–Kier alpha value is -1.56. The largest absolute Gasteiger partial charge is 0.490 e. The molecule has 6 heteroatoms. The molecule has 1 fully saturated rings. The Morgan fingerprint density at radius 3 is 3.06 bits per heavy atom. The minimum Gasteiger partial charge on any atom is -0.490 e. The third-order valence-electron chi connectivity index (χ3n) is 2.92. The molecule has 17 heavy (non-hydrogen) atoms. The van der Waals surface area contributed by atoms with Crippen LogP contribution in [0.4, 0.5) is 11.6 Å². The molecule has 2 heterocycles. The molecule has 0 amide bonds. The molecule has 0 radical (unpaired) electrons. The third kappa shape index (κ3) is 2.58. The molecule has 0 aliphatic carbocycles. The SMILES string of the molecule is COc1c(N)ncnc1NC(C)C1CCCO1. The number of hydrogen-bond acceptors (Lipinski definition) is 6. The van der Waals surface area contributed by atoms with E-state index in [2.05, 4.69) is 22.2 Å². The first-order valence-electron chi connectivity index (χ1n) is 5.75. The van der Waals surface area contributed by atoms with Gasteiger partial charge in [0, 0.05) is 6.61 Å². The zero-order chi connectivity index (χ0) is 12.3. The quantitative estimate of drug-likeness (QED) is 0.815. The summed E-state index contributed by atoms with van der Waals surface area (Å²) in [5.41, 5.74) is 5.71. The Morgan fingerprint density at radius 1 is 1.59 bits per heavy atom. The van der Waals surface area contributed by atoms with E-state index >= 15 is 0 Å². The van der Waals surface area contributed by atoms with E-state index in [0.29, 0.717) is 17.4 Å². The number of nitrogens with zero attached hydrogens (tertiary/aromatic N) is 2. The Labute approximate surface area is 101 Å². The second-order valence-corrected chi connectivity index (χ2v) is 4.13. The van der Waals surface area contributed by atoms with Gasteiger partial charge >= 0.3 is 0 Å². The van der Waals surface area contributed by atoms with Crippen LogP contribution < -0.4 is 15.8 Å². The van der Waals surface area contributed by atoms with Gasteiger partial charge in [-0.2, -0.15) is 0 Å². The van der Waals surface area contributed by atoms with E-state index in [0.717, 1.165) is 19.4 Å².